The first-order valence-electron chi connectivity index (χ1n) is 10.1. The lowest BCUT2D eigenvalue weighted by molar-refractivity contribution is -0.128. The van der Waals surface area contributed by atoms with E-state index in [-0.39, 0.29) is 23.1 Å². The van der Waals surface area contributed by atoms with Crippen LogP contribution < -0.4 is 10.0 Å². The molecule has 166 valence electrons. The molecule has 8 nitrogen and oxygen atoms in total. The number of anilines is 2. The van der Waals surface area contributed by atoms with Crippen molar-refractivity contribution in [1.29, 1.82) is 0 Å². The lowest BCUT2D eigenvalue weighted by Gasteiger charge is -2.15. The van der Waals surface area contributed by atoms with Crippen LogP contribution in [0, 0.1) is 12.8 Å². The average molecular weight is 454 g/mol. The van der Waals surface area contributed by atoms with Crippen LogP contribution in [0.2, 0.25) is 0 Å². The average Bonchev–Trinajstić information content (AvgIpc) is 3.40. The smallest absolute Gasteiger partial charge is 0.261 e. The second-order valence-corrected chi connectivity index (χ2v) is 9.42. The Morgan fingerprint density at radius 1 is 1.06 bits per heavy atom. The molecule has 1 atom stereocenters. The van der Waals surface area contributed by atoms with E-state index < -0.39 is 15.9 Å². The molecule has 0 bridgehead atoms. The molecule has 3 aromatic rings. The number of aryl methyl sites for hydroxylation is 1. The number of sulfonamides is 1. The van der Waals surface area contributed by atoms with Gasteiger partial charge in [-0.05, 0) is 55.5 Å². The maximum absolute atomic E-state index is 12.6. The summed E-state index contributed by atoms with van der Waals surface area (Å²) in [5.41, 5.74) is 1.87. The number of nitrogens with zero attached hydrogens (tertiary/aromatic N) is 1. The van der Waals surface area contributed by atoms with Crippen molar-refractivity contribution in [2.45, 2.75) is 24.8 Å². The Balaban J connectivity index is 1.35. The van der Waals surface area contributed by atoms with Crippen molar-refractivity contribution in [2.24, 2.45) is 5.92 Å². The Morgan fingerprint density at radius 3 is 2.41 bits per heavy atom. The van der Waals surface area contributed by atoms with Crippen LogP contribution in [0.3, 0.4) is 0 Å². The lowest BCUT2D eigenvalue weighted by Crippen LogP contribution is -2.27. The molecule has 1 saturated heterocycles. The summed E-state index contributed by atoms with van der Waals surface area (Å²) in [6, 6.07) is 16.5. The number of carbonyl (C=O) groups excluding carboxylic acids is 2. The molecular formula is C23H23N3O5S. The molecule has 32 heavy (non-hydrogen) atoms. The summed E-state index contributed by atoms with van der Waals surface area (Å²) in [6.07, 6.45) is 1.69. The first-order valence-corrected chi connectivity index (χ1v) is 11.6. The van der Waals surface area contributed by atoms with Crippen LogP contribution in [0.5, 0.6) is 0 Å². The molecule has 2 heterocycles. The van der Waals surface area contributed by atoms with Crippen molar-refractivity contribution in [1.82, 2.24) is 4.90 Å². The predicted octanol–water partition coefficient (Wildman–Crippen LogP) is 3.38. The maximum atomic E-state index is 12.6. The van der Waals surface area contributed by atoms with E-state index in [0.29, 0.717) is 30.2 Å². The third kappa shape index (κ3) is 5.00. The molecule has 1 unspecified atom stereocenters. The van der Waals surface area contributed by atoms with Gasteiger partial charge in [-0.1, -0.05) is 17.7 Å². The van der Waals surface area contributed by atoms with Crippen LogP contribution in [-0.2, 0) is 26.2 Å². The normalized spacial score (nSPS) is 16.2. The fourth-order valence-electron chi connectivity index (χ4n) is 3.49. The Hall–Kier alpha value is -3.59. The van der Waals surface area contributed by atoms with E-state index >= 15 is 0 Å². The van der Waals surface area contributed by atoms with E-state index in [2.05, 4.69) is 10.0 Å². The second kappa shape index (κ2) is 8.88. The molecule has 2 amide bonds. The molecule has 1 aliphatic rings. The molecule has 0 spiro atoms. The molecule has 0 aliphatic carbocycles. The number of furan rings is 1. The SMILES string of the molecule is Cc1ccc(S(=O)(=O)Nc2ccc(NC(=O)C3CC(=O)N(Cc4ccco4)C3)cc2)cc1. The summed E-state index contributed by atoms with van der Waals surface area (Å²) >= 11 is 0. The quantitative estimate of drug-likeness (QED) is 0.570. The minimum atomic E-state index is -3.70. The minimum absolute atomic E-state index is 0.0950. The summed E-state index contributed by atoms with van der Waals surface area (Å²) in [5.74, 6) is -0.143. The molecule has 1 aliphatic heterocycles. The van der Waals surface area contributed by atoms with Gasteiger partial charge in [0.25, 0.3) is 10.0 Å². The number of amides is 2. The summed E-state index contributed by atoms with van der Waals surface area (Å²) in [5, 5.41) is 2.79. The van der Waals surface area contributed by atoms with E-state index in [1.54, 1.807) is 71.8 Å². The fourth-order valence-corrected chi connectivity index (χ4v) is 4.55. The Morgan fingerprint density at radius 2 is 1.75 bits per heavy atom. The Bertz CT molecular complexity index is 1200. The molecule has 9 heteroatoms. The minimum Gasteiger partial charge on any atom is -0.467 e. The fraction of sp³-hybridized carbons (Fsp3) is 0.217. The van der Waals surface area contributed by atoms with Gasteiger partial charge < -0.3 is 14.6 Å². The number of likely N-dealkylation sites (tertiary alicyclic amines) is 1. The molecule has 0 radical (unpaired) electrons. The molecule has 4 rings (SSSR count). The zero-order valence-corrected chi connectivity index (χ0v) is 18.3. The second-order valence-electron chi connectivity index (χ2n) is 7.74. The maximum Gasteiger partial charge on any atom is 0.261 e. The molecule has 1 aromatic heterocycles. The predicted molar refractivity (Wildman–Crippen MR) is 119 cm³/mol. The highest BCUT2D eigenvalue weighted by atomic mass is 32.2. The van der Waals surface area contributed by atoms with Crippen molar-refractivity contribution in [3.8, 4) is 0 Å². The van der Waals surface area contributed by atoms with Crippen molar-refractivity contribution >= 4 is 33.2 Å². The van der Waals surface area contributed by atoms with Gasteiger partial charge in [-0.3, -0.25) is 14.3 Å². The van der Waals surface area contributed by atoms with E-state index in [0.717, 1.165) is 5.56 Å². The topological polar surface area (TPSA) is 109 Å². The number of carbonyl (C=O) groups is 2. The number of rotatable bonds is 7. The molecule has 2 aromatic carbocycles. The third-order valence-electron chi connectivity index (χ3n) is 5.25. The highest BCUT2D eigenvalue weighted by molar-refractivity contribution is 7.92. The monoisotopic (exact) mass is 453 g/mol. The van der Waals surface area contributed by atoms with Crippen LogP contribution in [0.4, 0.5) is 11.4 Å². The van der Waals surface area contributed by atoms with Crippen LogP contribution in [-0.4, -0.2) is 31.7 Å². The van der Waals surface area contributed by atoms with Gasteiger partial charge in [-0.2, -0.15) is 0 Å². The van der Waals surface area contributed by atoms with E-state index in [1.165, 1.54) is 0 Å². The number of hydrogen-bond donors (Lipinski definition) is 2. The number of nitrogens with one attached hydrogen (secondary N) is 2. The van der Waals surface area contributed by atoms with E-state index in [1.807, 2.05) is 6.92 Å². The molecular weight excluding hydrogens is 430 g/mol. The van der Waals surface area contributed by atoms with E-state index in [9.17, 15) is 18.0 Å². The standard InChI is InChI=1S/C23H23N3O5S/c1-16-4-10-21(11-5-16)32(29,30)25-19-8-6-18(7-9-19)24-23(28)17-13-22(27)26(14-17)15-20-3-2-12-31-20/h2-12,17,25H,13-15H2,1H3,(H,24,28). The van der Waals surface area contributed by atoms with Gasteiger partial charge in [-0.25, -0.2) is 8.42 Å². The first kappa shape index (κ1) is 21.6. The van der Waals surface area contributed by atoms with Crippen LogP contribution in [0.25, 0.3) is 0 Å². The van der Waals surface area contributed by atoms with Gasteiger partial charge >= 0.3 is 0 Å². The van der Waals surface area contributed by atoms with Crippen LogP contribution in [0.15, 0.2) is 76.2 Å². The van der Waals surface area contributed by atoms with Crippen molar-refractivity contribution in [3.05, 3.63) is 78.3 Å². The van der Waals surface area contributed by atoms with Crippen molar-refractivity contribution in [2.75, 3.05) is 16.6 Å². The summed E-state index contributed by atoms with van der Waals surface area (Å²) in [7, 11) is -3.70. The van der Waals surface area contributed by atoms with Crippen LogP contribution >= 0.6 is 0 Å². The van der Waals surface area contributed by atoms with Crippen molar-refractivity contribution in [3.63, 3.8) is 0 Å². The van der Waals surface area contributed by atoms with Gasteiger partial charge in [0, 0.05) is 24.3 Å². The first-order chi connectivity index (χ1) is 15.3. The summed E-state index contributed by atoms with van der Waals surface area (Å²) in [4.78, 5) is 26.6. The van der Waals surface area contributed by atoms with Gasteiger partial charge in [-0.15, -0.1) is 0 Å². The number of benzene rings is 2. The lowest BCUT2D eigenvalue weighted by atomic mass is 10.1. The van der Waals surface area contributed by atoms with E-state index in [4.69, 9.17) is 4.42 Å². The van der Waals surface area contributed by atoms with Gasteiger partial charge in [0.15, 0.2) is 0 Å². The van der Waals surface area contributed by atoms with Gasteiger partial charge in [0.2, 0.25) is 11.8 Å². The molecule has 2 N–H and O–H groups in total. The Kier molecular flexibility index (Phi) is 6.00. The number of hydrogen-bond acceptors (Lipinski definition) is 5. The zero-order valence-electron chi connectivity index (χ0n) is 17.4. The highest BCUT2D eigenvalue weighted by Gasteiger charge is 2.34. The Labute approximate surface area is 186 Å². The van der Waals surface area contributed by atoms with Crippen molar-refractivity contribution < 1.29 is 22.4 Å². The van der Waals surface area contributed by atoms with Gasteiger partial charge in [0.05, 0.1) is 23.6 Å². The molecule has 1 fully saturated rings. The van der Waals surface area contributed by atoms with Crippen LogP contribution in [0.1, 0.15) is 17.7 Å². The third-order valence-corrected chi connectivity index (χ3v) is 6.65. The summed E-state index contributed by atoms with van der Waals surface area (Å²) < 4.78 is 32.8. The zero-order chi connectivity index (χ0) is 22.7. The highest BCUT2D eigenvalue weighted by Crippen LogP contribution is 2.23. The summed E-state index contributed by atoms with van der Waals surface area (Å²) in [6.45, 7) is 2.54. The largest absolute Gasteiger partial charge is 0.467 e. The van der Waals surface area contributed by atoms with Gasteiger partial charge in [0.1, 0.15) is 5.76 Å². The molecule has 0 saturated carbocycles.